The van der Waals surface area contributed by atoms with Gasteiger partial charge in [0.1, 0.15) is 30.2 Å². The van der Waals surface area contributed by atoms with Crippen molar-refractivity contribution < 1.29 is 43.5 Å². The molecule has 20 heteroatoms. The zero-order valence-electron chi connectivity index (χ0n) is 33.7. The first kappa shape index (κ1) is 48.4. The normalized spacial score (nSPS) is 17.2. The van der Waals surface area contributed by atoms with Gasteiger partial charge in [0.2, 0.25) is 41.4 Å². The highest BCUT2D eigenvalue weighted by Crippen LogP contribution is 2.21. The smallest absolute Gasteiger partial charge is 0.326 e. The average molecular weight is 816 g/mol. The lowest BCUT2D eigenvalue weighted by molar-refractivity contribution is -0.143. The number of carboxylic acids is 1. The lowest BCUT2D eigenvalue weighted by atomic mass is 9.97. The largest absolute Gasteiger partial charge is 0.480 e. The zero-order chi connectivity index (χ0) is 43.5. The van der Waals surface area contributed by atoms with Crippen molar-refractivity contribution in [2.24, 2.45) is 39.8 Å². The minimum absolute atomic E-state index is 0.0141. The number of nitrogens with two attached hydrogens (primary N) is 4. The van der Waals surface area contributed by atoms with Gasteiger partial charge in [-0.2, -0.15) is 0 Å². The van der Waals surface area contributed by atoms with Gasteiger partial charge in [-0.05, 0) is 43.1 Å². The molecule has 7 amide bonds. The highest BCUT2D eigenvalue weighted by molar-refractivity contribution is 5.98. The molecule has 1 fully saturated rings. The second-order valence-corrected chi connectivity index (χ2v) is 14.6. The molecule has 1 heterocycles. The minimum Gasteiger partial charge on any atom is -0.480 e. The van der Waals surface area contributed by atoms with Crippen molar-refractivity contribution in [3.05, 3.63) is 35.9 Å². The Morgan fingerprint density at radius 3 is 2.07 bits per heavy atom. The molecule has 8 atom stereocenters. The van der Waals surface area contributed by atoms with E-state index in [1.165, 1.54) is 4.90 Å². The van der Waals surface area contributed by atoms with Crippen molar-refractivity contribution in [1.82, 2.24) is 31.5 Å². The van der Waals surface area contributed by atoms with E-state index in [2.05, 4.69) is 31.6 Å². The van der Waals surface area contributed by atoms with Gasteiger partial charge in [0.05, 0.1) is 19.0 Å². The van der Waals surface area contributed by atoms with Gasteiger partial charge in [0, 0.05) is 19.5 Å². The number of hydrogen-bond donors (Lipinski definition) is 10. The van der Waals surface area contributed by atoms with Crippen LogP contribution in [0.2, 0.25) is 0 Å². The van der Waals surface area contributed by atoms with Gasteiger partial charge in [-0.3, -0.25) is 38.6 Å². The summed E-state index contributed by atoms with van der Waals surface area (Å²) in [6, 6.07) is 1.64. The third kappa shape index (κ3) is 15.6. The summed E-state index contributed by atoms with van der Waals surface area (Å²) in [6.07, 6.45) is 1.42. The van der Waals surface area contributed by atoms with Crippen LogP contribution in [0.5, 0.6) is 0 Å². The highest BCUT2D eigenvalue weighted by Gasteiger charge is 2.40. The molecule has 20 nitrogen and oxygen atoms in total. The van der Waals surface area contributed by atoms with E-state index in [4.69, 9.17) is 22.9 Å². The number of guanidine groups is 1. The molecule has 1 saturated heterocycles. The maximum atomic E-state index is 13.7. The number of rotatable bonds is 24. The number of aliphatic carboxylic acids is 1. The average Bonchev–Trinajstić information content (AvgIpc) is 3.68. The van der Waals surface area contributed by atoms with Crippen LogP contribution >= 0.6 is 0 Å². The van der Waals surface area contributed by atoms with Gasteiger partial charge in [-0.25, -0.2) is 4.79 Å². The van der Waals surface area contributed by atoms with E-state index in [1.807, 2.05) is 6.92 Å². The Hall–Kier alpha value is -5.79. The SMILES string of the molecule is CC[C@H](C)[C@H](N)C(=O)N[C@@H](CC(N)=O)C(=O)N1CCC[C@H]1C(=O)N[C@H](C(=O)NCC(=O)N[C@@H](CCCN=C(N)N)C(=O)N[C@@H](Cc1ccccc1)C(=O)O)[C@@H](C)CC. The number of primary amides is 1. The van der Waals surface area contributed by atoms with Crippen LogP contribution in [-0.2, 0) is 44.8 Å². The van der Waals surface area contributed by atoms with Crippen molar-refractivity contribution in [3.8, 4) is 0 Å². The molecule has 0 aromatic heterocycles. The van der Waals surface area contributed by atoms with Crippen LogP contribution in [-0.4, -0.2) is 119 Å². The predicted molar refractivity (Wildman–Crippen MR) is 214 cm³/mol. The first-order chi connectivity index (χ1) is 27.4. The summed E-state index contributed by atoms with van der Waals surface area (Å²) in [5.41, 5.74) is 22.9. The fraction of sp³-hybridized carbons (Fsp3) is 0.605. The topological polar surface area (TPSA) is 337 Å². The fourth-order valence-corrected chi connectivity index (χ4v) is 6.25. The minimum atomic E-state index is -1.36. The molecule has 0 spiro atoms. The van der Waals surface area contributed by atoms with Gasteiger partial charge < -0.3 is 59.5 Å². The second kappa shape index (κ2) is 24.1. The number of carbonyl (C=O) groups excluding carboxylic acids is 7. The van der Waals surface area contributed by atoms with E-state index < -0.39 is 102 Å². The summed E-state index contributed by atoms with van der Waals surface area (Å²) >= 11 is 0. The molecule has 322 valence electrons. The van der Waals surface area contributed by atoms with E-state index in [0.717, 1.165) is 0 Å². The summed E-state index contributed by atoms with van der Waals surface area (Å²) in [7, 11) is 0. The van der Waals surface area contributed by atoms with E-state index in [0.29, 0.717) is 24.8 Å². The van der Waals surface area contributed by atoms with E-state index in [9.17, 15) is 43.5 Å². The van der Waals surface area contributed by atoms with Gasteiger partial charge in [-0.15, -0.1) is 0 Å². The molecule has 2 rings (SSSR count). The number of nitrogens with zero attached hydrogens (tertiary/aromatic N) is 2. The number of hydrogen-bond acceptors (Lipinski definition) is 10. The molecule has 1 aromatic carbocycles. The van der Waals surface area contributed by atoms with E-state index in [-0.39, 0.29) is 50.7 Å². The number of likely N-dealkylation sites (tertiary alicyclic amines) is 1. The van der Waals surface area contributed by atoms with Crippen LogP contribution in [0.1, 0.15) is 78.2 Å². The number of aliphatic imine (C=N–C) groups is 1. The van der Waals surface area contributed by atoms with Crippen LogP contribution in [0, 0.1) is 11.8 Å². The predicted octanol–water partition coefficient (Wildman–Crippen LogP) is -2.29. The quantitative estimate of drug-likeness (QED) is 0.0300. The standard InChI is InChI=1S/C38H61N11O9/c1-5-21(3)30(40)34(54)46-25(19-28(39)50)36(56)49-17-11-15-27(49)33(53)48-31(22(4)6-2)35(55)44-20-29(51)45-24(14-10-16-43-38(41)42)32(52)47-26(37(57)58)18-23-12-8-7-9-13-23/h7-9,12-13,21-22,24-27,30-31H,5-6,10-11,14-20,40H2,1-4H3,(H2,39,50)(H,44,55)(H,45,51)(H,46,54)(H,47,52)(H,48,53)(H,57,58)(H4,41,42,43)/t21-,22-,24-,25-,26-,27-,30-,31-/m0/s1. The van der Waals surface area contributed by atoms with Crippen molar-refractivity contribution in [2.45, 2.75) is 115 Å². The molecule has 1 aromatic rings. The van der Waals surface area contributed by atoms with Crippen LogP contribution < -0.4 is 49.5 Å². The summed E-state index contributed by atoms with van der Waals surface area (Å²) in [5.74, 6) is -7.21. The lowest BCUT2D eigenvalue weighted by Gasteiger charge is -2.31. The summed E-state index contributed by atoms with van der Waals surface area (Å²) in [4.78, 5) is 109. The Labute approximate surface area is 338 Å². The third-order valence-electron chi connectivity index (χ3n) is 10.1. The van der Waals surface area contributed by atoms with E-state index >= 15 is 0 Å². The molecule has 1 aliphatic rings. The maximum absolute atomic E-state index is 13.7. The van der Waals surface area contributed by atoms with Crippen LogP contribution in [0.3, 0.4) is 0 Å². The number of amides is 7. The number of carbonyl (C=O) groups is 8. The summed E-state index contributed by atoms with van der Waals surface area (Å²) in [6.45, 7) is 6.79. The maximum Gasteiger partial charge on any atom is 0.326 e. The summed E-state index contributed by atoms with van der Waals surface area (Å²) in [5, 5.41) is 22.5. The first-order valence-corrected chi connectivity index (χ1v) is 19.5. The molecule has 0 bridgehead atoms. The number of carboxylic acid groups (broad SMARTS) is 1. The van der Waals surface area contributed by atoms with Gasteiger partial charge >= 0.3 is 5.97 Å². The molecule has 0 aliphatic carbocycles. The first-order valence-electron chi connectivity index (χ1n) is 19.5. The Bertz CT molecular complexity index is 1620. The van der Waals surface area contributed by atoms with Crippen molar-refractivity contribution in [3.63, 3.8) is 0 Å². The van der Waals surface area contributed by atoms with Crippen LogP contribution in [0.25, 0.3) is 0 Å². The van der Waals surface area contributed by atoms with Crippen molar-refractivity contribution >= 4 is 53.3 Å². The zero-order valence-corrected chi connectivity index (χ0v) is 33.7. The molecular weight excluding hydrogens is 754 g/mol. The Balaban J connectivity index is 2.15. The molecule has 0 radical (unpaired) electrons. The van der Waals surface area contributed by atoms with Crippen molar-refractivity contribution in [2.75, 3.05) is 19.6 Å². The van der Waals surface area contributed by atoms with E-state index in [1.54, 1.807) is 51.1 Å². The highest BCUT2D eigenvalue weighted by atomic mass is 16.4. The van der Waals surface area contributed by atoms with Gasteiger partial charge in [0.25, 0.3) is 0 Å². The molecule has 58 heavy (non-hydrogen) atoms. The molecule has 1 aliphatic heterocycles. The Morgan fingerprint density at radius 2 is 1.48 bits per heavy atom. The lowest BCUT2D eigenvalue weighted by Crippen LogP contribution is -2.59. The molecule has 14 N–H and O–H groups in total. The second-order valence-electron chi connectivity index (χ2n) is 14.6. The monoisotopic (exact) mass is 815 g/mol. The number of benzene rings is 1. The van der Waals surface area contributed by atoms with Gasteiger partial charge in [-0.1, -0.05) is 70.9 Å². The number of nitrogens with one attached hydrogen (secondary N) is 5. The summed E-state index contributed by atoms with van der Waals surface area (Å²) < 4.78 is 0. The van der Waals surface area contributed by atoms with Crippen molar-refractivity contribution in [1.29, 1.82) is 0 Å². The third-order valence-corrected chi connectivity index (χ3v) is 10.1. The van der Waals surface area contributed by atoms with Crippen LogP contribution in [0.15, 0.2) is 35.3 Å². The molecule has 0 saturated carbocycles. The van der Waals surface area contributed by atoms with Gasteiger partial charge in [0.15, 0.2) is 5.96 Å². The molecular formula is C38H61N11O9. The Kier molecular flexibility index (Phi) is 20.1. The fourth-order valence-electron chi connectivity index (χ4n) is 6.25. The molecule has 0 unspecified atom stereocenters. The van der Waals surface area contributed by atoms with Crippen LogP contribution in [0.4, 0.5) is 0 Å². The Morgan fingerprint density at radius 1 is 0.845 bits per heavy atom.